The van der Waals surface area contributed by atoms with Gasteiger partial charge in [0, 0.05) is 30.2 Å². The number of anilines is 1. The third kappa shape index (κ3) is 2.83. The van der Waals surface area contributed by atoms with Gasteiger partial charge in [0.2, 0.25) is 0 Å². The van der Waals surface area contributed by atoms with Gasteiger partial charge >= 0.3 is 0 Å². The molecular weight excluding hydrogens is 212 g/mol. The number of hydrogen-bond acceptors (Lipinski definition) is 3. The van der Waals surface area contributed by atoms with Crippen LogP contribution in [0.5, 0.6) is 0 Å². The van der Waals surface area contributed by atoms with Crippen molar-refractivity contribution in [2.24, 2.45) is 0 Å². The minimum Gasteiger partial charge on any atom is -0.449 e. The molecule has 1 aromatic rings. The summed E-state index contributed by atoms with van der Waals surface area (Å²) in [6.07, 6.45) is 4.00. The molecule has 0 spiro atoms. The van der Waals surface area contributed by atoms with Gasteiger partial charge in [0.15, 0.2) is 5.88 Å². The maximum absolute atomic E-state index is 5.49. The lowest BCUT2D eigenvalue weighted by Gasteiger charge is -2.48. The molecule has 1 saturated heterocycles. The van der Waals surface area contributed by atoms with Crippen LogP contribution in [-0.4, -0.2) is 24.2 Å². The van der Waals surface area contributed by atoms with Gasteiger partial charge in [-0.3, -0.25) is 0 Å². The van der Waals surface area contributed by atoms with Crippen molar-refractivity contribution < 1.29 is 4.42 Å². The molecule has 0 bridgehead atoms. The Morgan fingerprint density at radius 3 is 2.29 bits per heavy atom. The first kappa shape index (κ1) is 12.5. The van der Waals surface area contributed by atoms with E-state index in [4.69, 9.17) is 4.42 Å². The fourth-order valence-corrected chi connectivity index (χ4v) is 3.19. The zero-order chi connectivity index (χ0) is 12.7. The van der Waals surface area contributed by atoms with E-state index in [1.54, 1.807) is 6.26 Å². The molecule has 1 aliphatic heterocycles. The summed E-state index contributed by atoms with van der Waals surface area (Å²) in [4.78, 5) is 2.27. The lowest BCUT2D eigenvalue weighted by Crippen LogP contribution is -2.61. The Morgan fingerprint density at radius 1 is 1.24 bits per heavy atom. The fraction of sp³-hybridized carbons (Fsp3) is 0.714. The van der Waals surface area contributed by atoms with E-state index < -0.39 is 0 Å². The summed E-state index contributed by atoms with van der Waals surface area (Å²) in [6, 6.07) is 4.50. The summed E-state index contributed by atoms with van der Waals surface area (Å²) < 4.78 is 5.49. The standard InChI is InChI=1S/C14H24N2O/c1-13(2)9-11(10-14(3,4)15-13)16(5)12-7-6-8-17-12/h6-8,11,15H,9-10H2,1-5H3. The van der Waals surface area contributed by atoms with Crippen molar-refractivity contribution in [3.05, 3.63) is 18.4 Å². The summed E-state index contributed by atoms with van der Waals surface area (Å²) in [6.45, 7) is 9.10. The molecule has 3 nitrogen and oxygen atoms in total. The SMILES string of the molecule is CN(c1ccco1)C1CC(C)(C)NC(C)(C)C1. The van der Waals surface area contributed by atoms with Gasteiger partial charge in [0.25, 0.3) is 0 Å². The quantitative estimate of drug-likeness (QED) is 0.855. The van der Waals surface area contributed by atoms with Crippen LogP contribution in [0.2, 0.25) is 0 Å². The minimum atomic E-state index is 0.174. The first-order chi connectivity index (χ1) is 7.79. The molecule has 96 valence electrons. The molecule has 0 aromatic carbocycles. The summed E-state index contributed by atoms with van der Waals surface area (Å²) in [7, 11) is 2.13. The van der Waals surface area contributed by atoms with Crippen molar-refractivity contribution in [1.29, 1.82) is 0 Å². The second kappa shape index (κ2) is 4.05. The highest BCUT2D eigenvalue weighted by Crippen LogP contribution is 2.33. The van der Waals surface area contributed by atoms with Crippen LogP contribution in [0.3, 0.4) is 0 Å². The molecule has 2 rings (SSSR count). The van der Waals surface area contributed by atoms with Gasteiger partial charge in [-0.15, -0.1) is 0 Å². The third-order valence-corrected chi connectivity index (χ3v) is 3.57. The Labute approximate surface area is 104 Å². The fourth-order valence-electron chi connectivity index (χ4n) is 3.19. The van der Waals surface area contributed by atoms with Crippen molar-refractivity contribution >= 4 is 5.88 Å². The van der Waals surface area contributed by atoms with Gasteiger partial charge in [-0.1, -0.05) is 0 Å². The molecule has 1 fully saturated rings. The monoisotopic (exact) mass is 236 g/mol. The highest BCUT2D eigenvalue weighted by molar-refractivity contribution is 5.35. The highest BCUT2D eigenvalue weighted by atomic mass is 16.3. The number of nitrogens with zero attached hydrogens (tertiary/aromatic N) is 1. The normalized spacial score (nSPS) is 23.6. The molecule has 0 atom stereocenters. The van der Waals surface area contributed by atoms with Crippen LogP contribution in [0, 0.1) is 0 Å². The van der Waals surface area contributed by atoms with E-state index in [9.17, 15) is 0 Å². The van der Waals surface area contributed by atoms with Crippen LogP contribution in [0.15, 0.2) is 22.8 Å². The predicted octanol–water partition coefficient (Wildman–Crippen LogP) is 3.03. The van der Waals surface area contributed by atoms with Gasteiger partial charge in [-0.25, -0.2) is 0 Å². The molecule has 1 aromatic heterocycles. The molecule has 0 radical (unpaired) electrons. The average molecular weight is 236 g/mol. The van der Waals surface area contributed by atoms with Gasteiger partial charge in [0.1, 0.15) is 0 Å². The highest BCUT2D eigenvalue weighted by Gasteiger charge is 2.39. The van der Waals surface area contributed by atoms with Gasteiger partial charge in [-0.2, -0.15) is 0 Å². The molecule has 1 N–H and O–H groups in total. The van der Waals surface area contributed by atoms with Crippen LogP contribution in [0.4, 0.5) is 5.88 Å². The van der Waals surface area contributed by atoms with E-state index in [2.05, 4.69) is 45.0 Å². The van der Waals surface area contributed by atoms with Gasteiger partial charge in [0.05, 0.1) is 6.26 Å². The van der Waals surface area contributed by atoms with Gasteiger partial charge < -0.3 is 14.6 Å². The molecular formula is C14H24N2O. The van der Waals surface area contributed by atoms with E-state index in [0.717, 1.165) is 18.7 Å². The lowest BCUT2D eigenvalue weighted by molar-refractivity contribution is 0.159. The zero-order valence-electron chi connectivity index (χ0n) is 11.6. The van der Waals surface area contributed by atoms with Crippen molar-refractivity contribution in [2.75, 3.05) is 11.9 Å². The van der Waals surface area contributed by atoms with Crippen LogP contribution < -0.4 is 10.2 Å². The van der Waals surface area contributed by atoms with Gasteiger partial charge in [-0.05, 0) is 46.6 Å². The Kier molecular flexibility index (Phi) is 2.98. The lowest BCUT2D eigenvalue weighted by atomic mass is 9.79. The molecule has 0 saturated carbocycles. The summed E-state index contributed by atoms with van der Waals surface area (Å²) >= 11 is 0. The molecule has 0 unspecified atom stereocenters. The molecule has 3 heteroatoms. The Balaban J connectivity index is 2.16. The largest absolute Gasteiger partial charge is 0.449 e. The molecule has 17 heavy (non-hydrogen) atoms. The van der Waals surface area contributed by atoms with E-state index >= 15 is 0 Å². The molecule has 0 amide bonds. The third-order valence-electron chi connectivity index (χ3n) is 3.57. The average Bonchev–Trinajstić information content (AvgIpc) is 2.63. The van der Waals surface area contributed by atoms with Crippen molar-refractivity contribution in [3.63, 3.8) is 0 Å². The molecule has 1 aliphatic rings. The Hall–Kier alpha value is -0.960. The maximum atomic E-state index is 5.49. The van der Waals surface area contributed by atoms with Crippen molar-refractivity contribution in [1.82, 2.24) is 5.32 Å². The van der Waals surface area contributed by atoms with Crippen LogP contribution in [0.1, 0.15) is 40.5 Å². The summed E-state index contributed by atoms with van der Waals surface area (Å²) in [5.74, 6) is 0.962. The van der Waals surface area contributed by atoms with Crippen LogP contribution in [0.25, 0.3) is 0 Å². The van der Waals surface area contributed by atoms with E-state index in [1.807, 2.05) is 12.1 Å². The number of piperidine rings is 1. The topological polar surface area (TPSA) is 28.4 Å². The smallest absolute Gasteiger partial charge is 0.195 e. The van der Waals surface area contributed by atoms with E-state index in [1.165, 1.54) is 0 Å². The number of nitrogens with one attached hydrogen (secondary N) is 1. The van der Waals surface area contributed by atoms with Crippen molar-refractivity contribution in [2.45, 2.75) is 57.7 Å². The molecule has 2 heterocycles. The maximum Gasteiger partial charge on any atom is 0.195 e. The summed E-state index contributed by atoms with van der Waals surface area (Å²) in [5.41, 5.74) is 0.348. The van der Waals surface area contributed by atoms with E-state index in [-0.39, 0.29) is 11.1 Å². The zero-order valence-corrected chi connectivity index (χ0v) is 11.6. The number of hydrogen-bond donors (Lipinski definition) is 1. The molecule has 0 aliphatic carbocycles. The minimum absolute atomic E-state index is 0.174. The Morgan fingerprint density at radius 2 is 1.82 bits per heavy atom. The summed E-state index contributed by atoms with van der Waals surface area (Å²) in [5, 5.41) is 3.70. The first-order valence-electron chi connectivity index (χ1n) is 6.35. The van der Waals surface area contributed by atoms with Crippen LogP contribution in [-0.2, 0) is 0 Å². The number of furan rings is 1. The first-order valence-corrected chi connectivity index (χ1v) is 6.35. The predicted molar refractivity (Wildman–Crippen MR) is 71.4 cm³/mol. The Bertz CT molecular complexity index is 352. The number of rotatable bonds is 2. The van der Waals surface area contributed by atoms with E-state index in [0.29, 0.717) is 6.04 Å². The second-order valence-corrected chi connectivity index (χ2v) is 6.52. The van der Waals surface area contributed by atoms with Crippen molar-refractivity contribution in [3.8, 4) is 0 Å². The second-order valence-electron chi connectivity index (χ2n) is 6.52. The van der Waals surface area contributed by atoms with Crippen LogP contribution >= 0.6 is 0 Å².